The highest BCUT2D eigenvalue weighted by molar-refractivity contribution is 7.13. The van der Waals surface area contributed by atoms with Gasteiger partial charge in [0.05, 0.1) is 27.2 Å². The first-order chi connectivity index (χ1) is 11.1. The van der Waals surface area contributed by atoms with Gasteiger partial charge in [-0.15, -0.1) is 11.3 Å². The molecule has 0 unspecified atom stereocenters. The largest absolute Gasteiger partial charge is 0.351 e. The van der Waals surface area contributed by atoms with E-state index in [0.29, 0.717) is 12.1 Å². The summed E-state index contributed by atoms with van der Waals surface area (Å²) in [5.74, 6) is -0.0958. The number of amides is 1. The minimum Gasteiger partial charge on any atom is -0.351 e. The number of nitrogens with one attached hydrogen (secondary N) is 2. The van der Waals surface area contributed by atoms with Crippen LogP contribution in [-0.4, -0.2) is 40.8 Å². The van der Waals surface area contributed by atoms with Crippen molar-refractivity contribution in [3.63, 3.8) is 0 Å². The van der Waals surface area contributed by atoms with E-state index in [0.717, 1.165) is 33.8 Å². The zero-order chi connectivity index (χ0) is 16.4. The van der Waals surface area contributed by atoms with E-state index in [4.69, 9.17) is 4.98 Å². The second kappa shape index (κ2) is 6.47. The van der Waals surface area contributed by atoms with Crippen LogP contribution in [0.1, 0.15) is 16.1 Å². The molecular weight excluding hydrogens is 310 g/mol. The summed E-state index contributed by atoms with van der Waals surface area (Å²) >= 11 is 1.61. The number of carbonyl (C=O) groups is 1. The Balaban J connectivity index is 2.12. The van der Waals surface area contributed by atoms with Gasteiger partial charge in [-0.25, -0.2) is 4.98 Å². The summed E-state index contributed by atoms with van der Waals surface area (Å²) in [6.45, 7) is 3.20. The van der Waals surface area contributed by atoms with Gasteiger partial charge in [0.2, 0.25) is 0 Å². The van der Waals surface area contributed by atoms with E-state index in [1.165, 1.54) is 0 Å². The number of fused-ring (bicyclic) bond motifs is 1. The molecule has 0 saturated heterocycles. The maximum absolute atomic E-state index is 12.6. The first kappa shape index (κ1) is 15.6. The molecule has 1 amide bonds. The van der Waals surface area contributed by atoms with Crippen LogP contribution in [0.3, 0.4) is 0 Å². The van der Waals surface area contributed by atoms with Crippen molar-refractivity contribution in [2.24, 2.45) is 7.05 Å². The number of nitrogens with zero attached hydrogens (tertiary/aromatic N) is 3. The number of likely N-dealkylation sites (N-methyl/N-ethyl adjacent to an activating group) is 1. The van der Waals surface area contributed by atoms with Gasteiger partial charge in [0.15, 0.2) is 5.65 Å². The quantitative estimate of drug-likeness (QED) is 0.702. The molecule has 0 saturated carbocycles. The fourth-order valence-corrected chi connectivity index (χ4v) is 3.26. The lowest BCUT2D eigenvalue weighted by molar-refractivity contribution is 0.0955. The van der Waals surface area contributed by atoms with Gasteiger partial charge in [0, 0.05) is 20.1 Å². The van der Waals surface area contributed by atoms with Crippen molar-refractivity contribution in [3.8, 4) is 10.6 Å². The molecule has 0 aliphatic rings. The monoisotopic (exact) mass is 329 g/mol. The molecule has 3 heterocycles. The number of carbonyl (C=O) groups excluding carboxylic acids is 1. The summed E-state index contributed by atoms with van der Waals surface area (Å²) in [6.07, 6.45) is 0. The normalized spacial score (nSPS) is 11.1. The van der Waals surface area contributed by atoms with Crippen LogP contribution >= 0.6 is 11.3 Å². The lowest BCUT2D eigenvalue weighted by Gasteiger charge is -2.08. The zero-order valence-corrected chi connectivity index (χ0v) is 14.2. The minimum atomic E-state index is -0.0958. The van der Waals surface area contributed by atoms with E-state index in [1.54, 1.807) is 16.0 Å². The second-order valence-electron chi connectivity index (χ2n) is 5.30. The van der Waals surface area contributed by atoms with Gasteiger partial charge in [0.1, 0.15) is 0 Å². The molecule has 0 radical (unpaired) electrons. The maximum Gasteiger partial charge on any atom is 0.252 e. The Bertz CT molecular complexity index is 838. The van der Waals surface area contributed by atoms with Crippen LogP contribution in [-0.2, 0) is 7.05 Å². The van der Waals surface area contributed by atoms with Crippen molar-refractivity contribution in [1.29, 1.82) is 0 Å². The predicted octanol–water partition coefficient (Wildman–Crippen LogP) is 1.95. The number of aromatic nitrogens is 3. The highest BCUT2D eigenvalue weighted by Crippen LogP contribution is 2.29. The first-order valence-electron chi connectivity index (χ1n) is 7.43. The number of rotatable bonds is 5. The molecular formula is C16H19N5OS. The van der Waals surface area contributed by atoms with Crippen molar-refractivity contribution in [2.75, 3.05) is 20.1 Å². The van der Waals surface area contributed by atoms with Gasteiger partial charge >= 0.3 is 0 Å². The molecule has 3 aromatic rings. The van der Waals surface area contributed by atoms with Crippen molar-refractivity contribution in [2.45, 2.75) is 6.92 Å². The molecule has 0 bridgehead atoms. The van der Waals surface area contributed by atoms with Crippen LogP contribution in [0.4, 0.5) is 0 Å². The minimum absolute atomic E-state index is 0.0958. The number of hydrogen-bond donors (Lipinski definition) is 2. The molecule has 23 heavy (non-hydrogen) atoms. The van der Waals surface area contributed by atoms with E-state index in [2.05, 4.69) is 15.7 Å². The van der Waals surface area contributed by atoms with Crippen LogP contribution in [0.15, 0.2) is 23.6 Å². The molecule has 0 aliphatic carbocycles. The Morgan fingerprint density at radius 1 is 1.39 bits per heavy atom. The summed E-state index contributed by atoms with van der Waals surface area (Å²) in [6, 6.07) is 5.84. The van der Waals surface area contributed by atoms with E-state index in [9.17, 15) is 4.79 Å². The summed E-state index contributed by atoms with van der Waals surface area (Å²) in [4.78, 5) is 18.3. The van der Waals surface area contributed by atoms with Gasteiger partial charge in [-0.3, -0.25) is 9.48 Å². The number of thiophene rings is 1. The van der Waals surface area contributed by atoms with Crippen LogP contribution in [0.5, 0.6) is 0 Å². The third kappa shape index (κ3) is 2.97. The first-order valence-corrected chi connectivity index (χ1v) is 8.31. The van der Waals surface area contributed by atoms with Gasteiger partial charge in [-0.05, 0) is 31.5 Å². The highest BCUT2D eigenvalue weighted by atomic mass is 32.1. The summed E-state index contributed by atoms with van der Waals surface area (Å²) in [5.41, 5.74) is 2.97. The molecule has 3 rings (SSSR count). The van der Waals surface area contributed by atoms with Crippen LogP contribution in [0.2, 0.25) is 0 Å². The Hall–Kier alpha value is -2.25. The molecule has 3 aromatic heterocycles. The number of pyridine rings is 1. The Morgan fingerprint density at radius 3 is 2.91 bits per heavy atom. The predicted molar refractivity (Wildman–Crippen MR) is 92.8 cm³/mol. The average molecular weight is 329 g/mol. The Labute approximate surface area is 138 Å². The molecule has 120 valence electrons. The van der Waals surface area contributed by atoms with Crippen molar-refractivity contribution >= 4 is 28.3 Å². The lowest BCUT2D eigenvalue weighted by Crippen LogP contribution is -2.30. The van der Waals surface area contributed by atoms with E-state index in [1.807, 2.05) is 44.6 Å². The SMILES string of the molecule is CNCCNC(=O)c1cc(-c2cccs2)nc2c1c(C)nn2C. The Morgan fingerprint density at radius 2 is 2.22 bits per heavy atom. The molecule has 6 nitrogen and oxygen atoms in total. The average Bonchev–Trinajstić information content (AvgIpc) is 3.16. The van der Waals surface area contributed by atoms with Crippen molar-refractivity contribution in [3.05, 3.63) is 34.8 Å². The standard InChI is InChI=1S/C16H19N5OS/c1-10-14-11(16(22)18-7-6-17-2)9-12(13-5-4-8-23-13)19-15(14)21(3)20-10/h4-5,8-9,17H,6-7H2,1-3H3,(H,18,22). The summed E-state index contributed by atoms with van der Waals surface area (Å²) in [7, 11) is 3.71. The smallest absolute Gasteiger partial charge is 0.252 e. The van der Waals surface area contributed by atoms with Gasteiger partial charge in [0.25, 0.3) is 5.91 Å². The van der Waals surface area contributed by atoms with Gasteiger partial charge in [-0.1, -0.05) is 6.07 Å². The number of aryl methyl sites for hydroxylation is 2. The third-order valence-electron chi connectivity index (χ3n) is 3.65. The lowest BCUT2D eigenvalue weighted by atomic mass is 10.1. The molecule has 0 spiro atoms. The van der Waals surface area contributed by atoms with Crippen molar-refractivity contribution < 1.29 is 4.79 Å². The van der Waals surface area contributed by atoms with Crippen molar-refractivity contribution in [1.82, 2.24) is 25.4 Å². The van der Waals surface area contributed by atoms with Crippen LogP contribution < -0.4 is 10.6 Å². The van der Waals surface area contributed by atoms with E-state index in [-0.39, 0.29) is 5.91 Å². The van der Waals surface area contributed by atoms with E-state index < -0.39 is 0 Å². The summed E-state index contributed by atoms with van der Waals surface area (Å²) in [5, 5.41) is 13.2. The molecule has 2 N–H and O–H groups in total. The van der Waals surface area contributed by atoms with Gasteiger partial charge < -0.3 is 10.6 Å². The highest BCUT2D eigenvalue weighted by Gasteiger charge is 2.19. The third-order valence-corrected chi connectivity index (χ3v) is 4.54. The summed E-state index contributed by atoms with van der Waals surface area (Å²) < 4.78 is 1.73. The topological polar surface area (TPSA) is 71.8 Å². The molecule has 0 fully saturated rings. The van der Waals surface area contributed by atoms with E-state index >= 15 is 0 Å². The fourth-order valence-electron chi connectivity index (χ4n) is 2.57. The fraction of sp³-hybridized carbons (Fsp3) is 0.312. The molecule has 0 aromatic carbocycles. The zero-order valence-electron chi connectivity index (χ0n) is 13.4. The maximum atomic E-state index is 12.6. The second-order valence-corrected chi connectivity index (χ2v) is 6.25. The molecule has 7 heteroatoms. The Kier molecular flexibility index (Phi) is 4.40. The molecule has 0 atom stereocenters. The van der Waals surface area contributed by atoms with Gasteiger partial charge in [-0.2, -0.15) is 5.10 Å². The number of hydrogen-bond acceptors (Lipinski definition) is 5. The van der Waals surface area contributed by atoms with Crippen LogP contribution in [0.25, 0.3) is 21.6 Å². The molecule has 0 aliphatic heterocycles. The van der Waals surface area contributed by atoms with Crippen LogP contribution in [0, 0.1) is 6.92 Å².